The van der Waals surface area contributed by atoms with Crippen molar-refractivity contribution < 1.29 is 13.0 Å². The summed E-state index contributed by atoms with van der Waals surface area (Å²) in [6.07, 6.45) is 0. The van der Waals surface area contributed by atoms with Gasteiger partial charge >= 0.3 is 0 Å². The van der Waals surface area contributed by atoms with Crippen molar-refractivity contribution in [3.63, 3.8) is 0 Å². The van der Waals surface area contributed by atoms with Gasteiger partial charge in [0.1, 0.15) is 4.90 Å². The van der Waals surface area contributed by atoms with Gasteiger partial charge in [-0.25, -0.2) is 0 Å². The van der Waals surface area contributed by atoms with E-state index in [1.165, 1.54) is 12.1 Å². The van der Waals surface area contributed by atoms with Gasteiger partial charge in [-0.1, -0.05) is 13.0 Å². The molecule has 84 valence electrons. The quantitative estimate of drug-likeness (QED) is 0.521. The number of nitrogen functional groups attached to an aromatic ring is 1. The lowest BCUT2D eigenvalue weighted by Gasteiger charge is -2.06. The topological polar surface area (TPSA) is 92.4 Å². The van der Waals surface area contributed by atoms with Crippen molar-refractivity contribution in [1.82, 2.24) is 5.32 Å². The Labute approximate surface area is 89.0 Å². The summed E-state index contributed by atoms with van der Waals surface area (Å²) in [6.45, 7) is 3.41. The van der Waals surface area contributed by atoms with E-state index in [-0.39, 0.29) is 10.6 Å². The minimum atomic E-state index is -4.22. The maximum atomic E-state index is 10.8. The Morgan fingerprint density at radius 3 is 2.60 bits per heavy atom. The standard InChI is InChI=1S/C9H14N2O3S/c1-2-11-6-7-3-4-9(8(10)5-7)15(12,13)14/h3-5,11H,2,6,10H2,1H3,(H,12,13,14). The predicted octanol–water partition coefficient (Wildman–Crippen LogP) is 0.625. The molecule has 15 heavy (non-hydrogen) atoms. The number of nitrogens with two attached hydrogens (primary N) is 1. The second-order valence-electron chi connectivity index (χ2n) is 3.13. The molecule has 0 atom stereocenters. The molecule has 1 rings (SSSR count). The van der Waals surface area contributed by atoms with Crippen LogP contribution in [0.25, 0.3) is 0 Å². The molecule has 0 bridgehead atoms. The first kappa shape index (κ1) is 12.0. The molecule has 0 aliphatic rings. The summed E-state index contributed by atoms with van der Waals surface area (Å²) < 4.78 is 30.5. The van der Waals surface area contributed by atoms with Crippen LogP contribution in [0.4, 0.5) is 5.69 Å². The van der Waals surface area contributed by atoms with E-state index in [0.29, 0.717) is 6.54 Å². The van der Waals surface area contributed by atoms with Crippen LogP contribution in [0.5, 0.6) is 0 Å². The fourth-order valence-corrected chi connectivity index (χ4v) is 1.81. The molecule has 0 saturated carbocycles. The molecule has 0 aliphatic carbocycles. The molecule has 0 saturated heterocycles. The first-order valence-electron chi connectivity index (χ1n) is 4.51. The van der Waals surface area contributed by atoms with Gasteiger partial charge in [0.2, 0.25) is 0 Å². The first-order chi connectivity index (χ1) is 6.95. The average molecular weight is 230 g/mol. The summed E-state index contributed by atoms with van der Waals surface area (Å²) >= 11 is 0. The highest BCUT2D eigenvalue weighted by molar-refractivity contribution is 7.86. The van der Waals surface area contributed by atoms with Crippen LogP contribution in [0.3, 0.4) is 0 Å². The molecule has 0 unspecified atom stereocenters. The molecule has 0 aromatic heterocycles. The molecule has 0 heterocycles. The zero-order valence-electron chi connectivity index (χ0n) is 8.40. The molecular weight excluding hydrogens is 216 g/mol. The third-order valence-corrected chi connectivity index (χ3v) is 2.86. The van der Waals surface area contributed by atoms with Crippen molar-refractivity contribution in [2.24, 2.45) is 0 Å². The summed E-state index contributed by atoms with van der Waals surface area (Å²) in [6, 6.07) is 4.45. The lowest BCUT2D eigenvalue weighted by Crippen LogP contribution is -2.12. The zero-order valence-corrected chi connectivity index (χ0v) is 9.21. The summed E-state index contributed by atoms with van der Waals surface area (Å²) in [4.78, 5) is -0.247. The van der Waals surface area contributed by atoms with E-state index in [0.717, 1.165) is 12.1 Å². The van der Waals surface area contributed by atoms with Crippen molar-refractivity contribution in [3.8, 4) is 0 Å². The number of benzene rings is 1. The third kappa shape index (κ3) is 3.19. The zero-order chi connectivity index (χ0) is 11.5. The minimum Gasteiger partial charge on any atom is -0.398 e. The maximum absolute atomic E-state index is 10.8. The molecule has 0 aliphatic heterocycles. The summed E-state index contributed by atoms with van der Waals surface area (Å²) in [7, 11) is -4.22. The number of nitrogens with one attached hydrogen (secondary N) is 1. The van der Waals surface area contributed by atoms with Crippen LogP contribution in [0.1, 0.15) is 12.5 Å². The van der Waals surface area contributed by atoms with Gasteiger partial charge in [0.15, 0.2) is 0 Å². The Kier molecular flexibility index (Phi) is 3.67. The van der Waals surface area contributed by atoms with Gasteiger partial charge in [0.25, 0.3) is 10.1 Å². The Balaban J connectivity index is 2.99. The minimum absolute atomic E-state index is 0.0629. The van der Waals surface area contributed by atoms with Gasteiger partial charge in [-0.05, 0) is 24.2 Å². The largest absolute Gasteiger partial charge is 0.398 e. The summed E-state index contributed by atoms with van der Waals surface area (Å²) in [5, 5.41) is 3.08. The average Bonchev–Trinajstić information content (AvgIpc) is 2.12. The second kappa shape index (κ2) is 4.61. The molecule has 4 N–H and O–H groups in total. The maximum Gasteiger partial charge on any atom is 0.296 e. The Morgan fingerprint density at radius 2 is 2.13 bits per heavy atom. The van der Waals surface area contributed by atoms with E-state index >= 15 is 0 Å². The van der Waals surface area contributed by atoms with Crippen LogP contribution in [0.15, 0.2) is 23.1 Å². The summed E-state index contributed by atoms with van der Waals surface area (Å²) in [5.74, 6) is 0. The van der Waals surface area contributed by atoms with Gasteiger partial charge in [0.05, 0.1) is 5.69 Å². The van der Waals surface area contributed by atoms with E-state index < -0.39 is 10.1 Å². The van der Waals surface area contributed by atoms with Crippen LogP contribution in [0.2, 0.25) is 0 Å². The van der Waals surface area contributed by atoms with Crippen molar-refractivity contribution in [3.05, 3.63) is 23.8 Å². The van der Waals surface area contributed by atoms with Gasteiger partial charge < -0.3 is 11.1 Å². The predicted molar refractivity (Wildman–Crippen MR) is 58.0 cm³/mol. The van der Waals surface area contributed by atoms with Crippen LogP contribution >= 0.6 is 0 Å². The van der Waals surface area contributed by atoms with E-state index in [1.807, 2.05) is 6.92 Å². The molecule has 0 spiro atoms. The lowest BCUT2D eigenvalue weighted by molar-refractivity contribution is 0.483. The highest BCUT2D eigenvalue weighted by Crippen LogP contribution is 2.19. The lowest BCUT2D eigenvalue weighted by atomic mass is 10.2. The number of hydrogen-bond acceptors (Lipinski definition) is 4. The smallest absolute Gasteiger partial charge is 0.296 e. The molecule has 0 radical (unpaired) electrons. The van der Waals surface area contributed by atoms with E-state index in [9.17, 15) is 8.42 Å². The number of anilines is 1. The Bertz CT molecular complexity index is 443. The Hall–Kier alpha value is -1.11. The van der Waals surface area contributed by atoms with Crippen LogP contribution in [-0.2, 0) is 16.7 Å². The van der Waals surface area contributed by atoms with Crippen molar-refractivity contribution >= 4 is 15.8 Å². The molecule has 1 aromatic carbocycles. The van der Waals surface area contributed by atoms with Gasteiger partial charge in [-0.15, -0.1) is 0 Å². The number of rotatable bonds is 4. The first-order valence-corrected chi connectivity index (χ1v) is 5.95. The van der Waals surface area contributed by atoms with E-state index in [1.54, 1.807) is 6.07 Å². The SMILES string of the molecule is CCNCc1ccc(S(=O)(=O)O)c(N)c1. The molecule has 5 nitrogen and oxygen atoms in total. The van der Waals surface area contributed by atoms with Crippen molar-refractivity contribution in [2.45, 2.75) is 18.4 Å². The van der Waals surface area contributed by atoms with Gasteiger partial charge in [-0.2, -0.15) is 8.42 Å². The summed E-state index contributed by atoms with van der Waals surface area (Å²) in [5.41, 5.74) is 6.45. The van der Waals surface area contributed by atoms with Crippen LogP contribution < -0.4 is 11.1 Å². The molecule has 6 heteroatoms. The number of hydrogen-bond donors (Lipinski definition) is 3. The molecule has 1 aromatic rings. The fraction of sp³-hybridized carbons (Fsp3) is 0.333. The van der Waals surface area contributed by atoms with Crippen molar-refractivity contribution in [1.29, 1.82) is 0 Å². The van der Waals surface area contributed by atoms with Crippen molar-refractivity contribution in [2.75, 3.05) is 12.3 Å². The highest BCUT2D eigenvalue weighted by atomic mass is 32.2. The van der Waals surface area contributed by atoms with Gasteiger partial charge in [0, 0.05) is 6.54 Å². The third-order valence-electron chi connectivity index (χ3n) is 1.93. The van der Waals surface area contributed by atoms with E-state index in [4.69, 9.17) is 10.3 Å². The van der Waals surface area contributed by atoms with E-state index in [2.05, 4.69) is 5.32 Å². The molecular formula is C9H14N2O3S. The second-order valence-corrected chi connectivity index (χ2v) is 4.52. The Morgan fingerprint density at radius 1 is 1.47 bits per heavy atom. The normalized spacial score (nSPS) is 11.6. The van der Waals surface area contributed by atoms with Crippen LogP contribution in [0, 0.1) is 0 Å². The molecule has 0 amide bonds. The van der Waals surface area contributed by atoms with Crippen LogP contribution in [-0.4, -0.2) is 19.5 Å². The fourth-order valence-electron chi connectivity index (χ4n) is 1.21. The van der Waals surface area contributed by atoms with Gasteiger partial charge in [-0.3, -0.25) is 4.55 Å². The monoisotopic (exact) mass is 230 g/mol. The molecule has 0 fully saturated rings. The highest BCUT2D eigenvalue weighted by Gasteiger charge is 2.13.